The number of hydrogen-bond acceptors (Lipinski definition) is 2. The third-order valence-electron chi connectivity index (χ3n) is 3.40. The van der Waals surface area contributed by atoms with Crippen LogP contribution >= 0.6 is 0 Å². The Kier molecular flexibility index (Phi) is 4.19. The van der Waals surface area contributed by atoms with Gasteiger partial charge in [-0.1, -0.05) is 38.1 Å². The largest absolute Gasteiger partial charge is 0.329 e. The van der Waals surface area contributed by atoms with Crippen molar-refractivity contribution >= 4 is 0 Å². The molecule has 2 rings (SSSR count). The molecule has 0 bridgehead atoms. The van der Waals surface area contributed by atoms with Crippen LogP contribution in [0.4, 0.5) is 0 Å². The molecule has 0 saturated heterocycles. The molecule has 0 amide bonds. The molecule has 0 aromatic heterocycles. The Morgan fingerprint density at radius 2 is 2.00 bits per heavy atom. The van der Waals surface area contributed by atoms with Gasteiger partial charge in [0.05, 0.1) is 0 Å². The lowest BCUT2D eigenvalue weighted by Crippen LogP contribution is -2.31. The first-order valence-electron chi connectivity index (χ1n) is 6.74. The van der Waals surface area contributed by atoms with Crippen LogP contribution in [-0.2, 0) is 0 Å². The Labute approximate surface area is 105 Å². The van der Waals surface area contributed by atoms with Crippen molar-refractivity contribution in [2.75, 3.05) is 13.1 Å². The van der Waals surface area contributed by atoms with Gasteiger partial charge in [0.1, 0.15) is 0 Å². The highest BCUT2D eigenvalue weighted by Crippen LogP contribution is 2.42. The zero-order chi connectivity index (χ0) is 12.3. The molecule has 1 unspecified atom stereocenters. The summed E-state index contributed by atoms with van der Waals surface area (Å²) in [5.74, 6) is 1.46. The molecule has 0 aliphatic heterocycles. The molecule has 0 radical (unpaired) electrons. The van der Waals surface area contributed by atoms with E-state index in [9.17, 15) is 0 Å². The minimum absolute atomic E-state index is 0.314. The van der Waals surface area contributed by atoms with E-state index in [1.807, 2.05) is 0 Å². The summed E-state index contributed by atoms with van der Waals surface area (Å²) < 4.78 is 0. The van der Waals surface area contributed by atoms with Gasteiger partial charge >= 0.3 is 0 Å². The van der Waals surface area contributed by atoms with Crippen molar-refractivity contribution in [2.24, 2.45) is 11.7 Å². The van der Waals surface area contributed by atoms with Crippen LogP contribution < -0.4 is 11.1 Å². The van der Waals surface area contributed by atoms with E-state index < -0.39 is 0 Å². The summed E-state index contributed by atoms with van der Waals surface area (Å²) in [6, 6.07) is 9.09. The highest BCUT2D eigenvalue weighted by Gasteiger charge is 2.27. The van der Waals surface area contributed by atoms with Gasteiger partial charge in [0.25, 0.3) is 0 Å². The van der Waals surface area contributed by atoms with E-state index in [4.69, 9.17) is 5.73 Å². The quantitative estimate of drug-likeness (QED) is 0.791. The molecule has 1 fully saturated rings. The predicted molar refractivity (Wildman–Crippen MR) is 73.1 cm³/mol. The van der Waals surface area contributed by atoms with Gasteiger partial charge in [-0.3, -0.25) is 0 Å². The average molecular weight is 232 g/mol. The summed E-state index contributed by atoms with van der Waals surface area (Å²) in [5, 5.41) is 3.58. The fourth-order valence-electron chi connectivity index (χ4n) is 2.29. The van der Waals surface area contributed by atoms with Crippen LogP contribution in [0.3, 0.4) is 0 Å². The minimum Gasteiger partial charge on any atom is -0.329 e. The fourth-order valence-corrected chi connectivity index (χ4v) is 2.29. The Hall–Kier alpha value is -0.860. The van der Waals surface area contributed by atoms with Gasteiger partial charge < -0.3 is 11.1 Å². The normalized spacial score (nSPS) is 17.4. The van der Waals surface area contributed by atoms with Crippen molar-refractivity contribution in [2.45, 2.75) is 38.6 Å². The molecule has 3 N–H and O–H groups in total. The molecule has 94 valence electrons. The molecular formula is C15H24N2. The number of nitrogens with two attached hydrogens (primary N) is 1. The lowest BCUT2D eigenvalue weighted by Gasteiger charge is -2.21. The van der Waals surface area contributed by atoms with E-state index in [2.05, 4.69) is 43.4 Å². The summed E-state index contributed by atoms with van der Waals surface area (Å²) >= 11 is 0. The van der Waals surface area contributed by atoms with E-state index in [0.29, 0.717) is 18.5 Å². The van der Waals surface area contributed by atoms with Gasteiger partial charge in [-0.25, -0.2) is 0 Å². The third-order valence-corrected chi connectivity index (χ3v) is 3.40. The predicted octanol–water partition coefficient (Wildman–Crippen LogP) is 2.81. The first-order chi connectivity index (χ1) is 8.22. The molecule has 1 atom stereocenters. The Morgan fingerprint density at radius 3 is 2.59 bits per heavy atom. The molecule has 1 saturated carbocycles. The van der Waals surface area contributed by atoms with E-state index in [1.54, 1.807) is 0 Å². The summed E-state index contributed by atoms with van der Waals surface area (Å²) in [4.78, 5) is 0. The van der Waals surface area contributed by atoms with Crippen molar-refractivity contribution < 1.29 is 0 Å². The van der Waals surface area contributed by atoms with Crippen LogP contribution in [0, 0.1) is 5.92 Å². The summed E-state index contributed by atoms with van der Waals surface area (Å²) in [6.07, 6.45) is 2.69. The van der Waals surface area contributed by atoms with E-state index >= 15 is 0 Å². The summed E-state index contributed by atoms with van der Waals surface area (Å²) in [6.45, 7) is 6.16. The summed E-state index contributed by atoms with van der Waals surface area (Å²) in [7, 11) is 0. The number of nitrogens with one attached hydrogen (secondary N) is 1. The number of rotatable bonds is 6. The molecule has 1 aliphatic rings. The summed E-state index contributed by atoms with van der Waals surface area (Å²) in [5.41, 5.74) is 8.85. The van der Waals surface area contributed by atoms with Crippen molar-refractivity contribution in [3.8, 4) is 0 Å². The van der Waals surface area contributed by atoms with Gasteiger partial charge in [0, 0.05) is 12.6 Å². The van der Waals surface area contributed by atoms with Crippen molar-refractivity contribution in [3.63, 3.8) is 0 Å². The molecule has 0 spiro atoms. The number of benzene rings is 1. The van der Waals surface area contributed by atoms with Crippen molar-refractivity contribution in [1.29, 1.82) is 0 Å². The van der Waals surface area contributed by atoms with Crippen LogP contribution in [0.5, 0.6) is 0 Å². The standard InChI is InChI=1S/C15H24N2/c1-11(2)10-17-15(9-16)14-6-4-3-5-13(14)12-7-8-12/h3-6,11-12,15,17H,7-10,16H2,1-2H3. The minimum atomic E-state index is 0.314. The smallest absolute Gasteiger partial charge is 0.0447 e. The Bertz CT molecular complexity index is 356. The molecule has 1 aromatic rings. The van der Waals surface area contributed by atoms with Gasteiger partial charge in [-0.2, -0.15) is 0 Å². The molecular weight excluding hydrogens is 208 g/mol. The van der Waals surface area contributed by atoms with Crippen molar-refractivity contribution in [1.82, 2.24) is 5.32 Å². The second-order valence-corrected chi connectivity index (χ2v) is 5.49. The highest BCUT2D eigenvalue weighted by atomic mass is 14.9. The molecule has 17 heavy (non-hydrogen) atoms. The lowest BCUT2D eigenvalue weighted by molar-refractivity contribution is 0.477. The van der Waals surface area contributed by atoms with Gasteiger partial charge in [0.15, 0.2) is 0 Å². The molecule has 0 heterocycles. The monoisotopic (exact) mass is 232 g/mol. The zero-order valence-electron chi connectivity index (χ0n) is 10.9. The molecule has 1 aromatic carbocycles. The molecule has 2 heteroatoms. The van der Waals surface area contributed by atoms with Gasteiger partial charge in [0.2, 0.25) is 0 Å². The lowest BCUT2D eigenvalue weighted by atomic mass is 9.96. The Morgan fingerprint density at radius 1 is 1.29 bits per heavy atom. The highest BCUT2D eigenvalue weighted by molar-refractivity contribution is 5.35. The first kappa shape index (κ1) is 12.6. The van der Waals surface area contributed by atoms with Crippen LogP contribution in [0.25, 0.3) is 0 Å². The second-order valence-electron chi connectivity index (χ2n) is 5.49. The molecule has 1 aliphatic carbocycles. The van der Waals surface area contributed by atoms with Gasteiger partial charge in [-0.05, 0) is 42.3 Å². The van der Waals surface area contributed by atoms with Gasteiger partial charge in [-0.15, -0.1) is 0 Å². The van der Waals surface area contributed by atoms with E-state index in [1.165, 1.54) is 24.0 Å². The first-order valence-corrected chi connectivity index (χ1v) is 6.74. The SMILES string of the molecule is CC(C)CNC(CN)c1ccccc1C1CC1. The van der Waals surface area contributed by atoms with E-state index in [-0.39, 0.29) is 0 Å². The van der Waals surface area contributed by atoms with Crippen LogP contribution in [0.1, 0.15) is 49.8 Å². The van der Waals surface area contributed by atoms with E-state index in [0.717, 1.165) is 12.5 Å². The maximum atomic E-state index is 5.92. The van der Waals surface area contributed by atoms with Crippen LogP contribution in [-0.4, -0.2) is 13.1 Å². The maximum absolute atomic E-state index is 5.92. The van der Waals surface area contributed by atoms with Crippen LogP contribution in [0.2, 0.25) is 0 Å². The Balaban J connectivity index is 2.12. The molecule has 2 nitrogen and oxygen atoms in total. The topological polar surface area (TPSA) is 38.0 Å². The third kappa shape index (κ3) is 3.30. The maximum Gasteiger partial charge on any atom is 0.0447 e. The second kappa shape index (κ2) is 5.65. The zero-order valence-corrected chi connectivity index (χ0v) is 10.9. The van der Waals surface area contributed by atoms with Crippen LogP contribution in [0.15, 0.2) is 24.3 Å². The average Bonchev–Trinajstić information content (AvgIpc) is 3.14. The van der Waals surface area contributed by atoms with Crippen molar-refractivity contribution in [3.05, 3.63) is 35.4 Å². The number of hydrogen-bond donors (Lipinski definition) is 2. The fraction of sp³-hybridized carbons (Fsp3) is 0.600.